The zero-order valence-corrected chi connectivity index (χ0v) is 39.1. The lowest BCUT2D eigenvalue weighted by Gasteiger charge is -2.19. The topological polar surface area (TPSA) is 294 Å². The maximum Gasteiger partial charge on any atom is 0.522 e. The van der Waals surface area contributed by atoms with Crippen LogP contribution in [0, 0.1) is 23.2 Å². The first-order chi connectivity index (χ1) is 29.4. The first-order valence-corrected chi connectivity index (χ1v) is 24.0. The fraction of sp³-hybridized carbons (Fsp3) is 0.564. The van der Waals surface area contributed by atoms with Crippen molar-refractivity contribution in [1.82, 2.24) is 4.98 Å². The van der Waals surface area contributed by atoms with Gasteiger partial charge in [-0.05, 0) is 44.3 Å². The Bertz CT molecular complexity index is 2020. The molecule has 4 heterocycles. The first-order valence-electron chi connectivity index (χ1n) is 19.2. The molecule has 1 unspecified atom stereocenters. The van der Waals surface area contributed by atoms with Crippen molar-refractivity contribution in [3.05, 3.63) is 60.2 Å². The molecule has 0 bridgehead atoms. The minimum atomic E-state index is -5.39. The summed E-state index contributed by atoms with van der Waals surface area (Å²) in [4.78, 5) is 69.7. The number of nitriles is 1. The third-order valence-corrected chi connectivity index (χ3v) is 11.6. The maximum absolute atomic E-state index is 11.7. The summed E-state index contributed by atoms with van der Waals surface area (Å²) < 4.78 is 93.3. The van der Waals surface area contributed by atoms with Crippen LogP contribution in [0.2, 0.25) is 19.6 Å². The van der Waals surface area contributed by atoms with Gasteiger partial charge in [0.15, 0.2) is 24.6 Å². The van der Waals surface area contributed by atoms with Crippen molar-refractivity contribution in [2.24, 2.45) is 23.3 Å². The highest BCUT2D eigenvalue weighted by Crippen LogP contribution is 2.34. The van der Waals surface area contributed by atoms with Crippen molar-refractivity contribution in [1.29, 1.82) is 5.26 Å². The van der Waals surface area contributed by atoms with Crippen LogP contribution in [0.15, 0.2) is 49.1 Å². The summed E-state index contributed by atoms with van der Waals surface area (Å²) in [5, 5.41) is 7.32. The highest BCUT2D eigenvalue weighted by Gasteiger charge is 2.51. The second-order valence-corrected chi connectivity index (χ2v) is 20.9. The number of amides is 2. The number of nitrogens with two attached hydrogens (primary N) is 2. The van der Waals surface area contributed by atoms with E-state index in [4.69, 9.17) is 45.2 Å². The molecule has 4 rings (SSSR count). The minimum absolute atomic E-state index is 0.0262. The predicted octanol–water partition coefficient (Wildman–Crippen LogP) is 3.75. The lowest BCUT2D eigenvalue weighted by atomic mass is 9.99. The molecule has 2 aromatic heterocycles. The average Bonchev–Trinajstić information content (AvgIpc) is 3.63. The van der Waals surface area contributed by atoms with Gasteiger partial charge in [-0.15, -0.1) is 0 Å². The lowest BCUT2D eigenvalue weighted by Crippen LogP contribution is -2.46. The Hall–Kier alpha value is -5.55. The fourth-order valence-corrected chi connectivity index (χ4v) is 8.45. The Morgan fingerprint density at radius 3 is 1.73 bits per heavy atom. The van der Waals surface area contributed by atoms with Crippen LogP contribution in [0.4, 0.5) is 13.2 Å². The molecule has 4 N–H and O–H groups in total. The van der Waals surface area contributed by atoms with Gasteiger partial charge < -0.3 is 43.8 Å². The molecule has 2 aliphatic heterocycles. The second kappa shape index (κ2) is 26.9. The van der Waals surface area contributed by atoms with Gasteiger partial charge in [0.05, 0.1) is 17.7 Å². The molecule has 2 fully saturated rings. The van der Waals surface area contributed by atoms with E-state index < -0.39 is 90.5 Å². The smallest absolute Gasteiger partial charge is 0.463 e. The van der Waals surface area contributed by atoms with Gasteiger partial charge in [-0.1, -0.05) is 20.8 Å². The number of hydrogen-bond acceptors (Lipinski definition) is 17. The van der Waals surface area contributed by atoms with Crippen LogP contribution < -0.4 is 16.0 Å². The number of aromatic nitrogens is 2. The van der Waals surface area contributed by atoms with Crippen molar-refractivity contribution < 1.29 is 87.2 Å². The molecule has 2 aromatic rings. The van der Waals surface area contributed by atoms with E-state index in [1.165, 1.54) is 66.7 Å². The number of carbonyl (C=O) groups is 6. The summed E-state index contributed by atoms with van der Waals surface area (Å²) >= 11 is 0. The van der Waals surface area contributed by atoms with E-state index in [9.17, 15) is 50.4 Å². The summed E-state index contributed by atoms with van der Waals surface area (Å²) in [7, 11) is -8.10. The number of esters is 4. The van der Waals surface area contributed by atoms with Gasteiger partial charge in [0.2, 0.25) is 20.5 Å². The van der Waals surface area contributed by atoms with Gasteiger partial charge >= 0.3 is 45.7 Å². The molecule has 8 atom stereocenters. The molecule has 2 aliphatic rings. The van der Waals surface area contributed by atoms with Crippen molar-refractivity contribution in [2.45, 2.75) is 124 Å². The van der Waals surface area contributed by atoms with E-state index in [0.717, 1.165) is 6.42 Å². The van der Waals surface area contributed by atoms with Crippen LogP contribution in [0.1, 0.15) is 88.8 Å². The van der Waals surface area contributed by atoms with Crippen LogP contribution in [0.25, 0.3) is 0 Å². The average molecular weight is 953 g/mol. The van der Waals surface area contributed by atoms with Gasteiger partial charge in [-0.2, -0.15) is 31.4 Å². The number of ether oxygens (including phenoxy) is 6. The molecule has 2 saturated heterocycles. The first kappa shape index (κ1) is 58.4. The third-order valence-electron chi connectivity index (χ3n) is 8.11. The van der Waals surface area contributed by atoms with E-state index in [1.807, 2.05) is 20.8 Å². The third kappa shape index (κ3) is 21.2. The number of hydrogen-bond donors (Lipinski definition) is 2. The monoisotopic (exact) mass is 952 g/mol. The van der Waals surface area contributed by atoms with E-state index in [-0.39, 0.29) is 24.5 Å². The highest BCUT2D eigenvalue weighted by molar-refractivity contribution is 7.88. The zero-order valence-electron chi connectivity index (χ0n) is 37.3. The Morgan fingerprint density at radius 1 is 0.844 bits per heavy atom. The fourth-order valence-electron chi connectivity index (χ4n) is 5.44. The van der Waals surface area contributed by atoms with Crippen molar-refractivity contribution in [2.75, 3.05) is 6.61 Å². The Morgan fingerprint density at radius 2 is 1.34 bits per heavy atom. The predicted molar refractivity (Wildman–Crippen MR) is 219 cm³/mol. The molecular weight excluding hydrogens is 896 g/mol. The van der Waals surface area contributed by atoms with Crippen molar-refractivity contribution >= 4 is 54.1 Å². The number of carbonyl (C=O) groups excluding carboxylic acids is 6. The maximum atomic E-state index is 11.7. The van der Waals surface area contributed by atoms with E-state index in [0.29, 0.717) is 11.1 Å². The summed E-state index contributed by atoms with van der Waals surface area (Å²) in [6.45, 7) is 16.6. The van der Waals surface area contributed by atoms with Crippen LogP contribution in [0.3, 0.4) is 0 Å². The molecule has 25 heteroatoms. The number of halogens is 3. The molecule has 358 valence electrons. The number of primary amides is 2. The molecule has 0 aromatic carbocycles. The normalized spacial score (nSPS) is 22.3. The SMILES string of the molecule is CC#N.CC(=O)OC[C@H]1O[C@@H]([n+]2cccc(C(N)=O)c2)[C@H](OC(C)=O)[C@@H]1C.CC[C@H]1OC(OC(C)=O)[C@H](OC(C)=O)[C@@H]1C.C[Si](C)(C)OS(=O)(=O)C(F)(F)F.NC(=O)c1cccnc1. The standard InChI is InChI=1S/C16H20N2O6.C11H18O5.C6H6N2O.C4H9F3O3SSi.C2H3N/c1-9-13(8-22-10(2)19)24-16(14(9)23-11(3)20)18-6-4-5-12(7-18)15(17)21;1-5-9-6(2)10(14-7(3)12)11(16-9)15-8(4)13;7-6(9)5-2-1-3-8-4-5;1-12(2,3)10-11(8,9)4(5,6)7;1-2-3/h4-7,9,13-14,16H,8H2,1-3H3,(H-,17,21);6,9-11H,5H2,1-4H3;1-4H,(H2,7,9);1-3H3;1H3/p+1/t9-,13-,14-,16-;6-,9-,10-,11?;;;/m11.../s1. The Kier molecular flexibility index (Phi) is 24.6. The van der Waals surface area contributed by atoms with Gasteiger partial charge in [0.1, 0.15) is 18.3 Å². The Balaban J connectivity index is 0.000000861. The zero-order chi connectivity index (χ0) is 49.7. The second-order valence-electron chi connectivity index (χ2n) is 14.6. The summed E-state index contributed by atoms with van der Waals surface area (Å²) in [6, 6.07) is 8.27. The highest BCUT2D eigenvalue weighted by atomic mass is 32.2. The number of rotatable bonds is 11. The minimum Gasteiger partial charge on any atom is -0.463 e. The molecule has 2 amide bonds. The molecule has 0 radical (unpaired) electrons. The lowest BCUT2D eigenvalue weighted by molar-refractivity contribution is -0.765. The molecule has 0 aliphatic carbocycles. The molecule has 0 saturated carbocycles. The van der Waals surface area contributed by atoms with Gasteiger partial charge in [-0.3, -0.25) is 33.8 Å². The molecule has 20 nitrogen and oxygen atoms in total. The molecular formula is C39H57F3N5O15SSi+. The quantitative estimate of drug-likeness (QED) is 0.107. The van der Waals surface area contributed by atoms with Gasteiger partial charge in [-0.25, -0.2) is 0 Å². The van der Waals surface area contributed by atoms with Crippen LogP contribution in [-0.2, 0) is 61.6 Å². The van der Waals surface area contributed by atoms with E-state index in [1.54, 1.807) is 47.3 Å². The summed E-state index contributed by atoms with van der Waals surface area (Å²) in [6.07, 6.45) is 4.03. The number of nitrogens with zero attached hydrogens (tertiary/aromatic N) is 3. The van der Waals surface area contributed by atoms with Gasteiger partial charge in [0, 0.05) is 64.9 Å². The van der Waals surface area contributed by atoms with Crippen LogP contribution in [0.5, 0.6) is 0 Å². The van der Waals surface area contributed by atoms with E-state index >= 15 is 0 Å². The van der Waals surface area contributed by atoms with Crippen LogP contribution >= 0.6 is 0 Å². The largest absolute Gasteiger partial charge is 0.522 e. The number of pyridine rings is 2. The van der Waals surface area contributed by atoms with Crippen LogP contribution in [-0.4, -0.2) is 100 Å². The Labute approximate surface area is 370 Å². The molecule has 64 heavy (non-hydrogen) atoms. The van der Waals surface area contributed by atoms with Crippen molar-refractivity contribution in [3.8, 4) is 6.07 Å². The van der Waals surface area contributed by atoms with Gasteiger partial charge in [0.25, 0.3) is 5.91 Å². The van der Waals surface area contributed by atoms with E-state index in [2.05, 4.69) is 8.86 Å². The number of alkyl halides is 3. The summed E-state index contributed by atoms with van der Waals surface area (Å²) in [5.41, 5.74) is 5.67. The molecule has 0 spiro atoms. The summed E-state index contributed by atoms with van der Waals surface area (Å²) in [5.74, 6) is -2.89. The van der Waals surface area contributed by atoms with Crippen molar-refractivity contribution in [3.63, 3.8) is 0 Å².